The number of hydrogen-bond donors (Lipinski definition) is 0. The SMILES string of the molecule is C[C@@H]1C(=O)CC[C@]1(C(=O)[O-])c1ccccc1. The average Bonchev–Trinajstić information content (AvgIpc) is 2.59. The summed E-state index contributed by atoms with van der Waals surface area (Å²) in [6.07, 6.45) is 0.670. The maximum Gasteiger partial charge on any atom is 0.137 e. The van der Waals surface area contributed by atoms with Gasteiger partial charge in [0.05, 0.1) is 5.97 Å². The molecule has 1 aliphatic carbocycles. The van der Waals surface area contributed by atoms with Crippen molar-refractivity contribution in [2.24, 2.45) is 5.92 Å². The van der Waals surface area contributed by atoms with Crippen molar-refractivity contribution in [1.29, 1.82) is 0 Å². The zero-order chi connectivity index (χ0) is 11.8. The van der Waals surface area contributed by atoms with Crippen molar-refractivity contribution in [3.05, 3.63) is 35.9 Å². The second kappa shape index (κ2) is 3.74. The van der Waals surface area contributed by atoms with E-state index >= 15 is 0 Å². The van der Waals surface area contributed by atoms with E-state index in [0.717, 1.165) is 0 Å². The fourth-order valence-electron chi connectivity index (χ4n) is 2.55. The van der Waals surface area contributed by atoms with Crippen LogP contribution < -0.4 is 5.11 Å². The van der Waals surface area contributed by atoms with Gasteiger partial charge in [0.15, 0.2) is 0 Å². The average molecular weight is 217 g/mol. The third-order valence-corrected chi connectivity index (χ3v) is 3.64. The van der Waals surface area contributed by atoms with Crippen molar-refractivity contribution in [1.82, 2.24) is 0 Å². The van der Waals surface area contributed by atoms with E-state index in [9.17, 15) is 14.7 Å². The van der Waals surface area contributed by atoms with Gasteiger partial charge in [-0.25, -0.2) is 0 Å². The molecular weight excluding hydrogens is 204 g/mol. The second-order valence-electron chi connectivity index (χ2n) is 4.31. The quantitative estimate of drug-likeness (QED) is 0.731. The fraction of sp³-hybridized carbons (Fsp3) is 0.385. The first-order valence-electron chi connectivity index (χ1n) is 5.38. The van der Waals surface area contributed by atoms with E-state index in [1.165, 1.54) is 0 Å². The summed E-state index contributed by atoms with van der Waals surface area (Å²) in [6, 6.07) is 8.91. The molecule has 0 amide bonds. The molecule has 0 heterocycles. The number of ketones is 1. The molecule has 2 rings (SSSR count). The van der Waals surface area contributed by atoms with Crippen LogP contribution in [0.15, 0.2) is 30.3 Å². The molecule has 0 unspecified atom stereocenters. The van der Waals surface area contributed by atoms with Gasteiger partial charge in [-0.1, -0.05) is 37.3 Å². The number of carbonyl (C=O) groups is 2. The van der Waals surface area contributed by atoms with Gasteiger partial charge in [-0.2, -0.15) is 0 Å². The van der Waals surface area contributed by atoms with Gasteiger partial charge in [0.25, 0.3) is 0 Å². The lowest BCUT2D eigenvalue weighted by atomic mass is 9.73. The number of aliphatic carboxylic acids is 1. The Hall–Kier alpha value is -1.64. The molecule has 0 saturated heterocycles. The number of hydrogen-bond acceptors (Lipinski definition) is 3. The van der Waals surface area contributed by atoms with E-state index < -0.39 is 17.3 Å². The minimum absolute atomic E-state index is 0.00746. The predicted octanol–water partition coefficient (Wildman–Crippen LogP) is 0.673. The molecular formula is C13H13O3-. The number of rotatable bonds is 2. The lowest BCUT2D eigenvalue weighted by molar-refractivity contribution is -0.315. The van der Waals surface area contributed by atoms with Crippen molar-refractivity contribution in [3.8, 4) is 0 Å². The Kier molecular flexibility index (Phi) is 2.54. The summed E-state index contributed by atoms with van der Waals surface area (Å²) < 4.78 is 0. The summed E-state index contributed by atoms with van der Waals surface area (Å²) in [5.74, 6) is -1.63. The minimum atomic E-state index is -1.14. The van der Waals surface area contributed by atoms with Gasteiger partial charge < -0.3 is 9.90 Å². The third-order valence-electron chi connectivity index (χ3n) is 3.64. The van der Waals surface area contributed by atoms with Crippen LogP contribution in [0.4, 0.5) is 0 Å². The molecule has 0 radical (unpaired) electrons. The first kappa shape index (κ1) is 10.9. The van der Waals surface area contributed by atoms with E-state index in [0.29, 0.717) is 18.4 Å². The van der Waals surface area contributed by atoms with Crippen LogP contribution in [-0.2, 0) is 15.0 Å². The highest BCUT2D eigenvalue weighted by Crippen LogP contribution is 2.43. The monoisotopic (exact) mass is 217 g/mol. The lowest BCUT2D eigenvalue weighted by Gasteiger charge is -2.34. The molecule has 0 aromatic heterocycles. The Balaban J connectivity index is 2.54. The van der Waals surface area contributed by atoms with Crippen LogP contribution in [0.25, 0.3) is 0 Å². The molecule has 0 bridgehead atoms. The molecule has 3 heteroatoms. The highest BCUT2D eigenvalue weighted by molar-refractivity contribution is 5.95. The van der Waals surface area contributed by atoms with Gasteiger partial charge in [-0.05, 0) is 12.0 Å². The summed E-state index contributed by atoms with van der Waals surface area (Å²) in [7, 11) is 0. The summed E-state index contributed by atoms with van der Waals surface area (Å²) in [6.45, 7) is 1.68. The van der Waals surface area contributed by atoms with Gasteiger partial charge in [0.2, 0.25) is 0 Å². The van der Waals surface area contributed by atoms with Gasteiger partial charge in [-0.15, -0.1) is 0 Å². The summed E-state index contributed by atoms with van der Waals surface area (Å²) in [4.78, 5) is 23.0. The molecule has 16 heavy (non-hydrogen) atoms. The maximum absolute atomic E-state index is 11.6. The molecule has 0 aliphatic heterocycles. The van der Waals surface area contributed by atoms with Gasteiger partial charge >= 0.3 is 0 Å². The van der Waals surface area contributed by atoms with E-state index in [2.05, 4.69) is 0 Å². The van der Waals surface area contributed by atoms with Crippen LogP contribution in [0, 0.1) is 5.92 Å². The molecule has 0 spiro atoms. The maximum atomic E-state index is 11.6. The predicted molar refractivity (Wildman–Crippen MR) is 56.5 cm³/mol. The van der Waals surface area contributed by atoms with E-state index in [1.807, 2.05) is 6.07 Å². The molecule has 3 nitrogen and oxygen atoms in total. The van der Waals surface area contributed by atoms with E-state index in [-0.39, 0.29) is 5.78 Å². The highest BCUT2D eigenvalue weighted by atomic mass is 16.4. The van der Waals surface area contributed by atoms with Crippen LogP contribution in [0.1, 0.15) is 25.3 Å². The van der Waals surface area contributed by atoms with Crippen LogP contribution in [-0.4, -0.2) is 11.8 Å². The normalized spacial score (nSPS) is 29.3. The van der Waals surface area contributed by atoms with Crippen molar-refractivity contribution in [2.45, 2.75) is 25.2 Å². The third kappa shape index (κ3) is 1.35. The summed E-state index contributed by atoms with van der Waals surface area (Å²) in [5, 5.41) is 11.4. The van der Waals surface area contributed by atoms with Crippen molar-refractivity contribution in [3.63, 3.8) is 0 Å². The first-order chi connectivity index (χ1) is 7.59. The molecule has 84 valence electrons. The molecule has 1 aliphatic rings. The van der Waals surface area contributed by atoms with Crippen molar-refractivity contribution < 1.29 is 14.7 Å². The molecule has 1 fully saturated rings. The summed E-state index contributed by atoms with van der Waals surface area (Å²) >= 11 is 0. The first-order valence-corrected chi connectivity index (χ1v) is 5.38. The Morgan fingerprint density at radius 1 is 1.38 bits per heavy atom. The van der Waals surface area contributed by atoms with Crippen LogP contribution in [0.2, 0.25) is 0 Å². The molecule has 1 aromatic carbocycles. The van der Waals surface area contributed by atoms with Crippen LogP contribution in [0.3, 0.4) is 0 Å². The number of carbonyl (C=O) groups excluding carboxylic acids is 2. The molecule has 0 N–H and O–H groups in total. The van der Waals surface area contributed by atoms with Gasteiger partial charge in [0.1, 0.15) is 5.78 Å². The van der Waals surface area contributed by atoms with Gasteiger partial charge in [0, 0.05) is 17.8 Å². The second-order valence-corrected chi connectivity index (χ2v) is 4.31. The fourth-order valence-corrected chi connectivity index (χ4v) is 2.55. The number of Topliss-reactive ketones (excluding diaryl/α,β-unsaturated/α-hetero) is 1. The van der Waals surface area contributed by atoms with Crippen LogP contribution in [0.5, 0.6) is 0 Å². The standard InChI is InChI=1S/C13H14O3/c1-9-11(14)7-8-13(9,12(15)16)10-5-3-2-4-6-10/h2-6,9H,7-8H2,1H3,(H,15,16)/p-1/t9-,13-/m1/s1. The lowest BCUT2D eigenvalue weighted by Crippen LogP contribution is -2.48. The molecule has 1 aromatic rings. The van der Waals surface area contributed by atoms with Crippen molar-refractivity contribution >= 4 is 11.8 Å². The smallest absolute Gasteiger partial charge is 0.137 e. The molecule has 2 atom stereocenters. The largest absolute Gasteiger partial charge is 0.549 e. The molecule has 1 saturated carbocycles. The Morgan fingerprint density at radius 3 is 2.44 bits per heavy atom. The number of carboxylic acids is 1. The van der Waals surface area contributed by atoms with E-state index in [4.69, 9.17) is 0 Å². The number of benzene rings is 1. The Morgan fingerprint density at radius 2 is 2.00 bits per heavy atom. The Labute approximate surface area is 94.1 Å². The zero-order valence-corrected chi connectivity index (χ0v) is 9.10. The topological polar surface area (TPSA) is 57.2 Å². The minimum Gasteiger partial charge on any atom is -0.549 e. The van der Waals surface area contributed by atoms with Gasteiger partial charge in [-0.3, -0.25) is 4.79 Å². The van der Waals surface area contributed by atoms with E-state index in [1.54, 1.807) is 31.2 Å². The summed E-state index contributed by atoms with van der Waals surface area (Å²) in [5.41, 5.74) is -0.452. The van der Waals surface area contributed by atoms with Crippen LogP contribution >= 0.6 is 0 Å². The zero-order valence-electron chi connectivity index (χ0n) is 9.10. The van der Waals surface area contributed by atoms with Crippen molar-refractivity contribution in [2.75, 3.05) is 0 Å². The number of carboxylic acid groups (broad SMARTS) is 1. The Bertz CT molecular complexity index is 424. The highest BCUT2D eigenvalue weighted by Gasteiger charge is 2.47.